The van der Waals surface area contributed by atoms with E-state index in [-0.39, 0.29) is 24.4 Å². The first-order chi connectivity index (χ1) is 11.1. The molecule has 1 aliphatic heterocycles. The number of ether oxygens (including phenoxy) is 2. The monoisotopic (exact) mass is 360 g/mol. The third-order valence-electron chi connectivity index (χ3n) is 5.86. The molecule has 3 rings (SSSR count). The molecule has 5 nitrogen and oxygen atoms in total. The molecule has 1 heterocycles. The maximum Gasteiger partial charge on any atom is 0.249 e. The maximum atomic E-state index is 12.5. The largest absolute Gasteiger partial charge is 0.376 e. The van der Waals surface area contributed by atoms with E-state index in [0.29, 0.717) is 30.5 Å². The standard InChI is InChI=1S/C18H32N2O3.ClH/c1-12(23-11-16-7-2-3-8-22-16)18(21)20-17-13-5-4-6-14(17)10-15(19)9-13;/h12-17H,2-11,19H2,1H3,(H,20,21);1H. The van der Waals surface area contributed by atoms with Crippen molar-refractivity contribution in [3.05, 3.63) is 0 Å². The SMILES string of the molecule is CC(OCC1CCCCO1)C(=O)NC1C2CCCC1CC(N)C2.Cl. The molecule has 4 unspecified atom stereocenters. The minimum atomic E-state index is -0.406. The summed E-state index contributed by atoms with van der Waals surface area (Å²) in [4.78, 5) is 12.5. The summed E-state index contributed by atoms with van der Waals surface area (Å²) < 4.78 is 11.4. The lowest BCUT2D eigenvalue weighted by Crippen LogP contribution is -2.55. The van der Waals surface area contributed by atoms with E-state index in [1.165, 1.54) is 25.7 Å². The molecule has 0 radical (unpaired) electrons. The third kappa shape index (κ3) is 5.07. The summed E-state index contributed by atoms with van der Waals surface area (Å²) in [7, 11) is 0. The number of amides is 1. The fourth-order valence-corrected chi connectivity index (χ4v) is 4.57. The van der Waals surface area contributed by atoms with E-state index < -0.39 is 6.10 Å². The van der Waals surface area contributed by atoms with Crippen LogP contribution in [0, 0.1) is 11.8 Å². The highest BCUT2D eigenvalue weighted by Crippen LogP contribution is 2.39. The average molecular weight is 361 g/mol. The molecule has 1 amide bonds. The van der Waals surface area contributed by atoms with Gasteiger partial charge in [0.1, 0.15) is 6.10 Å². The number of nitrogens with one attached hydrogen (secondary N) is 1. The van der Waals surface area contributed by atoms with Gasteiger partial charge < -0.3 is 20.5 Å². The van der Waals surface area contributed by atoms with Gasteiger partial charge in [-0.2, -0.15) is 0 Å². The molecule has 0 aromatic heterocycles. The van der Waals surface area contributed by atoms with Crippen molar-refractivity contribution in [1.82, 2.24) is 5.32 Å². The molecule has 1 saturated heterocycles. The highest BCUT2D eigenvalue weighted by atomic mass is 35.5. The van der Waals surface area contributed by atoms with Crippen LogP contribution >= 0.6 is 12.4 Å². The van der Waals surface area contributed by atoms with Crippen LogP contribution in [0.3, 0.4) is 0 Å². The molecule has 0 spiro atoms. The first kappa shape index (κ1) is 20.0. The smallest absolute Gasteiger partial charge is 0.249 e. The minimum absolute atomic E-state index is 0. The predicted octanol–water partition coefficient (Wildman–Crippen LogP) is 2.40. The summed E-state index contributed by atoms with van der Waals surface area (Å²) in [5, 5.41) is 3.27. The third-order valence-corrected chi connectivity index (χ3v) is 5.86. The van der Waals surface area contributed by atoms with Gasteiger partial charge in [-0.1, -0.05) is 6.42 Å². The normalized spacial score (nSPS) is 37.2. The number of fused-ring (bicyclic) bond motifs is 2. The van der Waals surface area contributed by atoms with Crippen LogP contribution in [0.15, 0.2) is 0 Å². The van der Waals surface area contributed by atoms with Gasteiger partial charge in [-0.05, 0) is 63.7 Å². The van der Waals surface area contributed by atoms with Gasteiger partial charge in [0, 0.05) is 18.7 Å². The van der Waals surface area contributed by atoms with Crippen LogP contribution in [0.25, 0.3) is 0 Å². The number of halogens is 1. The Hall–Kier alpha value is -0.360. The fraction of sp³-hybridized carbons (Fsp3) is 0.944. The van der Waals surface area contributed by atoms with Crippen molar-refractivity contribution in [2.75, 3.05) is 13.2 Å². The highest BCUT2D eigenvalue weighted by Gasteiger charge is 2.40. The Kier molecular flexibility index (Phi) is 7.79. The molecule has 2 saturated carbocycles. The molecule has 3 fully saturated rings. The zero-order valence-electron chi connectivity index (χ0n) is 14.7. The molecule has 2 bridgehead atoms. The number of nitrogens with two attached hydrogens (primary N) is 1. The maximum absolute atomic E-state index is 12.5. The second-order valence-corrected chi connectivity index (χ2v) is 7.68. The molecule has 140 valence electrons. The van der Waals surface area contributed by atoms with Crippen LogP contribution in [0.5, 0.6) is 0 Å². The molecule has 2 aliphatic carbocycles. The first-order valence-electron chi connectivity index (χ1n) is 9.42. The number of rotatable bonds is 5. The Labute approximate surface area is 151 Å². The van der Waals surface area contributed by atoms with Gasteiger partial charge in [0.25, 0.3) is 0 Å². The van der Waals surface area contributed by atoms with Gasteiger partial charge in [-0.25, -0.2) is 0 Å². The minimum Gasteiger partial charge on any atom is -0.376 e. The van der Waals surface area contributed by atoms with Crippen molar-refractivity contribution < 1.29 is 14.3 Å². The molecule has 4 atom stereocenters. The van der Waals surface area contributed by atoms with Gasteiger partial charge in [-0.15, -0.1) is 12.4 Å². The molecule has 0 aromatic carbocycles. The second kappa shape index (κ2) is 9.37. The number of carbonyl (C=O) groups is 1. The fourth-order valence-electron chi connectivity index (χ4n) is 4.57. The molecule has 3 aliphatic rings. The van der Waals surface area contributed by atoms with Crippen LogP contribution in [0.1, 0.15) is 58.3 Å². The van der Waals surface area contributed by atoms with Crippen molar-refractivity contribution >= 4 is 18.3 Å². The Bertz CT molecular complexity index is 390. The molecule has 0 aromatic rings. The van der Waals surface area contributed by atoms with Gasteiger partial charge >= 0.3 is 0 Å². The number of hydrogen-bond donors (Lipinski definition) is 2. The van der Waals surface area contributed by atoms with Crippen LogP contribution < -0.4 is 11.1 Å². The van der Waals surface area contributed by atoms with E-state index >= 15 is 0 Å². The van der Waals surface area contributed by atoms with Gasteiger partial charge in [0.15, 0.2) is 0 Å². The van der Waals surface area contributed by atoms with Crippen molar-refractivity contribution in [2.24, 2.45) is 17.6 Å². The lowest BCUT2D eigenvalue weighted by molar-refractivity contribution is -0.137. The van der Waals surface area contributed by atoms with Crippen molar-refractivity contribution in [1.29, 1.82) is 0 Å². The van der Waals surface area contributed by atoms with E-state index in [1.807, 2.05) is 6.92 Å². The molecular formula is C18H33ClN2O3. The van der Waals surface area contributed by atoms with Crippen molar-refractivity contribution in [3.8, 4) is 0 Å². The van der Waals surface area contributed by atoms with E-state index in [1.54, 1.807) is 0 Å². The van der Waals surface area contributed by atoms with E-state index in [4.69, 9.17) is 15.2 Å². The summed E-state index contributed by atoms with van der Waals surface area (Å²) in [5.74, 6) is 1.13. The second-order valence-electron chi connectivity index (χ2n) is 7.68. The zero-order valence-corrected chi connectivity index (χ0v) is 15.6. The van der Waals surface area contributed by atoms with Gasteiger partial charge in [-0.3, -0.25) is 4.79 Å². The average Bonchev–Trinajstić information content (AvgIpc) is 2.54. The topological polar surface area (TPSA) is 73.6 Å². The summed E-state index contributed by atoms with van der Waals surface area (Å²) in [6.07, 6.45) is 8.89. The summed E-state index contributed by atoms with van der Waals surface area (Å²) >= 11 is 0. The van der Waals surface area contributed by atoms with Crippen molar-refractivity contribution in [2.45, 2.75) is 82.6 Å². The summed E-state index contributed by atoms with van der Waals surface area (Å²) in [6, 6.07) is 0.614. The van der Waals surface area contributed by atoms with E-state index in [9.17, 15) is 4.79 Å². The number of carbonyl (C=O) groups excluding carboxylic acids is 1. The Balaban J connectivity index is 0.00000208. The molecule has 3 N–H and O–H groups in total. The number of hydrogen-bond acceptors (Lipinski definition) is 4. The zero-order chi connectivity index (χ0) is 16.2. The van der Waals surface area contributed by atoms with Crippen LogP contribution in [-0.4, -0.2) is 43.4 Å². The van der Waals surface area contributed by atoms with E-state index in [0.717, 1.165) is 32.3 Å². The van der Waals surface area contributed by atoms with Gasteiger partial charge in [0.2, 0.25) is 5.91 Å². The van der Waals surface area contributed by atoms with Crippen LogP contribution in [0.4, 0.5) is 0 Å². The Morgan fingerprint density at radius 1 is 1.21 bits per heavy atom. The molecule has 6 heteroatoms. The van der Waals surface area contributed by atoms with Gasteiger partial charge in [0.05, 0.1) is 12.7 Å². The first-order valence-corrected chi connectivity index (χ1v) is 9.42. The van der Waals surface area contributed by atoms with Crippen molar-refractivity contribution in [3.63, 3.8) is 0 Å². The summed E-state index contributed by atoms with van der Waals surface area (Å²) in [6.45, 7) is 3.19. The predicted molar refractivity (Wildman–Crippen MR) is 96.2 cm³/mol. The van der Waals surface area contributed by atoms with E-state index in [2.05, 4.69) is 5.32 Å². The molecule has 24 heavy (non-hydrogen) atoms. The Morgan fingerprint density at radius 3 is 2.54 bits per heavy atom. The quantitative estimate of drug-likeness (QED) is 0.789. The Morgan fingerprint density at radius 2 is 1.92 bits per heavy atom. The highest BCUT2D eigenvalue weighted by molar-refractivity contribution is 5.85. The van der Waals surface area contributed by atoms with Crippen LogP contribution in [-0.2, 0) is 14.3 Å². The lowest BCUT2D eigenvalue weighted by atomic mass is 9.67. The molecular weight excluding hydrogens is 328 g/mol. The lowest BCUT2D eigenvalue weighted by Gasteiger charge is -2.45. The summed E-state index contributed by atoms with van der Waals surface area (Å²) in [5.41, 5.74) is 6.16. The van der Waals surface area contributed by atoms with Crippen LogP contribution in [0.2, 0.25) is 0 Å².